The van der Waals surface area contributed by atoms with E-state index in [1.165, 1.54) is 0 Å². The van der Waals surface area contributed by atoms with Crippen LogP contribution >= 0.6 is 12.2 Å². The number of benzene rings is 1. The van der Waals surface area contributed by atoms with Crippen molar-refractivity contribution >= 4 is 23.0 Å². The van der Waals surface area contributed by atoms with Crippen molar-refractivity contribution in [1.29, 1.82) is 0 Å². The molecular formula is C15H23N3OS. The van der Waals surface area contributed by atoms with Gasteiger partial charge in [-0.1, -0.05) is 12.1 Å². The highest BCUT2D eigenvalue weighted by atomic mass is 32.1. The van der Waals surface area contributed by atoms with Gasteiger partial charge in [0, 0.05) is 32.2 Å². The lowest BCUT2D eigenvalue weighted by Gasteiger charge is -2.38. The first-order valence-corrected chi connectivity index (χ1v) is 7.46. The molecule has 5 heteroatoms. The van der Waals surface area contributed by atoms with Gasteiger partial charge in [-0.3, -0.25) is 0 Å². The van der Waals surface area contributed by atoms with Crippen LogP contribution in [0.4, 0.5) is 5.69 Å². The van der Waals surface area contributed by atoms with Crippen molar-refractivity contribution in [3.63, 3.8) is 0 Å². The van der Waals surface area contributed by atoms with Gasteiger partial charge in [-0.2, -0.15) is 0 Å². The normalized spacial score (nSPS) is 15.4. The maximum atomic E-state index is 5.43. The van der Waals surface area contributed by atoms with Crippen LogP contribution in [0, 0.1) is 0 Å². The lowest BCUT2D eigenvalue weighted by Crippen LogP contribution is -2.52. The summed E-state index contributed by atoms with van der Waals surface area (Å²) in [6, 6.07) is 8.55. The van der Waals surface area contributed by atoms with Crippen molar-refractivity contribution in [2.24, 2.45) is 0 Å². The number of para-hydroxylation sites is 2. The number of rotatable bonds is 3. The third-order valence-corrected chi connectivity index (χ3v) is 3.78. The molecule has 0 amide bonds. The molecule has 0 radical (unpaired) electrons. The highest BCUT2D eigenvalue weighted by molar-refractivity contribution is 7.80. The summed E-state index contributed by atoms with van der Waals surface area (Å²) in [5.74, 6) is 0.934. The fourth-order valence-electron chi connectivity index (χ4n) is 2.38. The summed E-state index contributed by atoms with van der Waals surface area (Å²) in [5.41, 5.74) is 1.16. The van der Waals surface area contributed by atoms with E-state index < -0.39 is 0 Å². The number of anilines is 1. The third-order valence-electron chi connectivity index (χ3n) is 3.40. The first kappa shape index (κ1) is 14.9. The molecule has 110 valence electrons. The van der Waals surface area contributed by atoms with E-state index in [-0.39, 0.29) is 0 Å². The van der Waals surface area contributed by atoms with Crippen LogP contribution in [0.2, 0.25) is 0 Å². The van der Waals surface area contributed by atoms with Crippen LogP contribution in [0.1, 0.15) is 13.8 Å². The zero-order valence-corrected chi connectivity index (χ0v) is 13.2. The topological polar surface area (TPSA) is 27.7 Å². The number of nitrogens with one attached hydrogen (secondary N) is 1. The zero-order chi connectivity index (χ0) is 14.5. The Morgan fingerprint density at radius 3 is 2.45 bits per heavy atom. The molecule has 1 N–H and O–H groups in total. The predicted octanol–water partition coefficient (Wildman–Crippen LogP) is 2.10. The molecule has 1 fully saturated rings. The molecule has 1 aliphatic rings. The number of nitrogens with zero attached hydrogens (tertiary/aromatic N) is 2. The smallest absolute Gasteiger partial charge is 0.169 e. The lowest BCUT2D eigenvalue weighted by atomic mass is 10.2. The van der Waals surface area contributed by atoms with Crippen LogP contribution < -0.4 is 15.0 Å². The largest absolute Gasteiger partial charge is 0.495 e. The number of hydrogen-bond acceptors (Lipinski definition) is 3. The SMILES string of the molecule is COc1ccccc1N1CCN(C(=S)NC(C)C)CC1. The Bertz CT molecular complexity index is 456. The average molecular weight is 293 g/mol. The second kappa shape index (κ2) is 6.79. The van der Waals surface area contributed by atoms with Crippen LogP contribution in [0.15, 0.2) is 24.3 Å². The fraction of sp³-hybridized carbons (Fsp3) is 0.533. The van der Waals surface area contributed by atoms with Gasteiger partial charge in [0.25, 0.3) is 0 Å². The predicted molar refractivity (Wildman–Crippen MR) is 87.6 cm³/mol. The van der Waals surface area contributed by atoms with E-state index in [1.54, 1.807) is 7.11 Å². The average Bonchev–Trinajstić information content (AvgIpc) is 2.46. The molecule has 0 bridgehead atoms. The van der Waals surface area contributed by atoms with Gasteiger partial charge in [-0.05, 0) is 38.2 Å². The molecule has 0 unspecified atom stereocenters. The van der Waals surface area contributed by atoms with Gasteiger partial charge >= 0.3 is 0 Å². The zero-order valence-electron chi connectivity index (χ0n) is 12.4. The minimum absolute atomic E-state index is 0.384. The molecule has 0 aromatic heterocycles. The molecule has 1 aliphatic heterocycles. The summed E-state index contributed by atoms with van der Waals surface area (Å²) in [6.07, 6.45) is 0. The summed E-state index contributed by atoms with van der Waals surface area (Å²) in [4.78, 5) is 4.59. The van der Waals surface area contributed by atoms with Crippen molar-refractivity contribution in [1.82, 2.24) is 10.2 Å². The maximum Gasteiger partial charge on any atom is 0.169 e. The van der Waals surface area contributed by atoms with Crippen LogP contribution in [0.3, 0.4) is 0 Å². The highest BCUT2D eigenvalue weighted by Gasteiger charge is 2.21. The molecule has 1 aromatic carbocycles. The number of ether oxygens (including phenoxy) is 1. The van der Waals surface area contributed by atoms with Crippen molar-refractivity contribution < 1.29 is 4.74 Å². The van der Waals surface area contributed by atoms with E-state index in [9.17, 15) is 0 Å². The monoisotopic (exact) mass is 293 g/mol. The molecule has 0 aliphatic carbocycles. The first-order valence-electron chi connectivity index (χ1n) is 7.05. The van der Waals surface area contributed by atoms with Crippen molar-refractivity contribution in [3.8, 4) is 5.75 Å². The van der Waals surface area contributed by atoms with Gasteiger partial charge in [0.05, 0.1) is 12.8 Å². The Kier molecular flexibility index (Phi) is 5.06. The van der Waals surface area contributed by atoms with E-state index in [1.807, 2.05) is 12.1 Å². The van der Waals surface area contributed by atoms with Gasteiger partial charge < -0.3 is 19.9 Å². The minimum Gasteiger partial charge on any atom is -0.495 e. The molecule has 0 spiro atoms. The Morgan fingerprint density at radius 1 is 1.20 bits per heavy atom. The highest BCUT2D eigenvalue weighted by Crippen LogP contribution is 2.28. The molecule has 20 heavy (non-hydrogen) atoms. The molecule has 1 heterocycles. The Labute approximate surface area is 126 Å². The summed E-state index contributed by atoms with van der Waals surface area (Å²) >= 11 is 5.43. The van der Waals surface area contributed by atoms with Crippen LogP contribution in [0.25, 0.3) is 0 Å². The summed E-state index contributed by atoms with van der Waals surface area (Å²) in [5, 5.41) is 4.16. The summed E-state index contributed by atoms with van der Waals surface area (Å²) in [7, 11) is 1.72. The van der Waals surface area contributed by atoms with Gasteiger partial charge in [-0.15, -0.1) is 0 Å². The Balaban J connectivity index is 1.96. The van der Waals surface area contributed by atoms with E-state index >= 15 is 0 Å². The van der Waals surface area contributed by atoms with Gasteiger partial charge in [0.1, 0.15) is 5.75 Å². The Morgan fingerprint density at radius 2 is 1.85 bits per heavy atom. The van der Waals surface area contributed by atoms with E-state index in [0.717, 1.165) is 42.7 Å². The van der Waals surface area contributed by atoms with Gasteiger partial charge in [0.15, 0.2) is 5.11 Å². The van der Waals surface area contributed by atoms with E-state index in [2.05, 4.69) is 41.1 Å². The second-order valence-electron chi connectivity index (χ2n) is 5.25. The van der Waals surface area contributed by atoms with E-state index in [0.29, 0.717) is 6.04 Å². The number of thiocarbonyl (C=S) groups is 1. The molecule has 1 aromatic rings. The number of hydrogen-bond donors (Lipinski definition) is 1. The summed E-state index contributed by atoms with van der Waals surface area (Å²) in [6.45, 7) is 8.02. The maximum absolute atomic E-state index is 5.43. The molecule has 0 atom stereocenters. The van der Waals surface area contributed by atoms with Crippen LogP contribution in [-0.4, -0.2) is 49.3 Å². The van der Waals surface area contributed by atoms with Crippen LogP contribution in [0.5, 0.6) is 5.75 Å². The molecular weight excluding hydrogens is 270 g/mol. The Hall–Kier alpha value is -1.49. The fourth-order valence-corrected chi connectivity index (χ4v) is 2.80. The quantitative estimate of drug-likeness (QED) is 0.862. The first-order chi connectivity index (χ1) is 9.61. The molecule has 4 nitrogen and oxygen atoms in total. The number of piperazine rings is 1. The standard InChI is InChI=1S/C15H23N3OS/c1-12(2)16-15(20)18-10-8-17(9-11-18)13-6-4-5-7-14(13)19-3/h4-7,12H,8-11H2,1-3H3,(H,16,20). The number of methoxy groups -OCH3 is 1. The molecule has 2 rings (SSSR count). The van der Waals surface area contributed by atoms with Gasteiger partial charge in [-0.25, -0.2) is 0 Å². The summed E-state index contributed by atoms with van der Waals surface area (Å²) < 4.78 is 5.43. The minimum atomic E-state index is 0.384. The van der Waals surface area contributed by atoms with Gasteiger partial charge in [0.2, 0.25) is 0 Å². The lowest BCUT2D eigenvalue weighted by molar-refractivity contribution is 0.371. The van der Waals surface area contributed by atoms with Crippen molar-refractivity contribution in [2.75, 3.05) is 38.2 Å². The molecule has 1 saturated heterocycles. The van der Waals surface area contributed by atoms with Crippen LogP contribution in [-0.2, 0) is 0 Å². The molecule has 0 saturated carbocycles. The third kappa shape index (κ3) is 3.54. The second-order valence-corrected chi connectivity index (χ2v) is 5.64. The van der Waals surface area contributed by atoms with Crippen molar-refractivity contribution in [2.45, 2.75) is 19.9 Å². The van der Waals surface area contributed by atoms with Crippen molar-refractivity contribution in [3.05, 3.63) is 24.3 Å². The van der Waals surface area contributed by atoms with E-state index in [4.69, 9.17) is 17.0 Å².